The highest BCUT2D eigenvalue weighted by Gasteiger charge is 2.17. The number of phenols is 3. The van der Waals surface area contributed by atoms with Crippen LogP contribution in [-0.4, -0.2) is 43.0 Å². The third-order valence-electron chi connectivity index (χ3n) is 3.89. The molecule has 1 heterocycles. The van der Waals surface area contributed by atoms with Crippen LogP contribution in [0.5, 0.6) is 17.2 Å². The molecule has 0 radical (unpaired) electrons. The highest BCUT2D eigenvalue weighted by Crippen LogP contribution is 2.36. The fourth-order valence-electron chi connectivity index (χ4n) is 2.43. The van der Waals surface area contributed by atoms with Gasteiger partial charge in [-0.2, -0.15) is 5.10 Å². The molecule has 148 valence electrons. The molecule has 0 spiro atoms. The lowest BCUT2D eigenvalue weighted by Crippen LogP contribution is -2.42. The van der Waals surface area contributed by atoms with Crippen LogP contribution < -0.4 is 16.4 Å². The average Bonchev–Trinajstić information content (AvgIpc) is 2.70. The Bertz CT molecular complexity index is 1220. The lowest BCUT2D eigenvalue weighted by Gasteiger charge is -2.11. The molecule has 0 atom stereocenters. The van der Waals surface area contributed by atoms with Gasteiger partial charge in [-0.3, -0.25) is 19.8 Å². The van der Waals surface area contributed by atoms with Gasteiger partial charge >= 0.3 is 11.8 Å². The Labute approximate surface area is 162 Å². The molecule has 1 aromatic heterocycles. The normalized spacial score (nSPS) is 10.9. The smallest absolute Gasteiger partial charge is 0.331 e. The summed E-state index contributed by atoms with van der Waals surface area (Å²) in [4.78, 5) is 40.6. The quantitative estimate of drug-likeness (QED) is 0.180. The average molecular weight is 397 g/mol. The molecule has 11 nitrogen and oxygen atoms in total. The van der Waals surface area contributed by atoms with Crippen molar-refractivity contribution < 1.29 is 24.9 Å². The number of rotatable bonds is 3. The fraction of sp³-hybridized carbons (Fsp3) is 0.0556. The maximum Gasteiger partial charge on any atom is 0.331 e. The van der Waals surface area contributed by atoms with E-state index in [-0.39, 0.29) is 16.8 Å². The lowest BCUT2D eigenvalue weighted by atomic mass is 10.2. The Morgan fingerprint density at radius 1 is 1.07 bits per heavy atom. The topological polar surface area (TPSA) is 166 Å². The molecule has 29 heavy (non-hydrogen) atoms. The van der Waals surface area contributed by atoms with E-state index in [9.17, 15) is 29.7 Å². The zero-order valence-electron chi connectivity index (χ0n) is 14.9. The minimum absolute atomic E-state index is 0.0215. The van der Waals surface area contributed by atoms with Crippen molar-refractivity contribution in [1.29, 1.82) is 0 Å². The first-order chi connectivity index (χ1) is 13.8. The third-order valence-corrected chi connectivity index (χ3v) is 3.89. The van der Waals surface area contributed by atoms with Crippen LogP contribution in [-0.2, 0) is 9.59 Å². The van der Waals surface area contributed by atoms with Crippen molar-refractivity contribution in [3.05, 3.63) is 58.1 Å². The van der Waals surface area contributed by atoms with E-state index in [4.69, 9.17) is 0 Å². The standard InChI is InChI=1S/C18H15N5O6/c1-9-20-12-5-3-2-4-11(12)18(29)23(9)22-17(28)16(27)21-19-8-10-6-7-13(24)15(26)14(10)25/h2-8,24-26H,1H3,(H,21,27)(H,22,28)/b19-8+. The molecule has 2 amide bonds. The summed E-state index contributed by atoms with van der Waals surface area (Å²) in [7, 11) is 0. The van der Waals surface area contributed by atoms with Gasteiger partial charge in [0.1, 0.15) is 5.82 Å². The SMILES string of the molecule is Cc1nc2ccccc2c(=O)n1NC(=O)C(=O)N/N=C/c1ccc(O)c(O)c1O. The van der Waals surface area contributed by atoms with E-state index in [1.807, 2.05) is 5.43 Å². The summed E-state index contributed by atoms with van der Waals surface area (Å²) in [6, 6.07) is 8.88. The second kappa shape index (κ2) is 7.68. The largest absolute Gasteiger partial charge is 0.504 e. The van der Waals surface area contributed by atoms with E-state index < -0.39 is 34.6 Å². The van der Waals surface area contributed by atoms with Gasteiger partial charge in [-0.1, -0.05) is 12.1 Å². The summed E-state index contributed by atoms with van der Waals surface area (Å²) >= 11 is 0. The summed E-state index contributed by atoms with van der Waals surface area (Å²) in [5.74, 6) is -4.14. The number of carbonyl (C=O) groups excluding carboxylic acids is 2. The number of fused-ring (bicyclic) bond motifs is 1. The number of hydrazone groups is 1. The summed E-state index contributed by atoms with van der Waals surface area (Å²) < 4.78 is 0.845. The number of benzene rings is 2. The van der Waals surface area contributed by atoms with E-state index in [0.717, 1.165) is 17.0 Å². The molecule has 0 fully saturated rings. The maximum absolute atomic E-state index is 12.5. The van der Waals surface area contributed by atoms with Crippen LogP contribution in [0, 0.1) is 6.92 Å². The molecule has 0 saturated carbocycles. The summed E-state index contributed by atoms with van der Waals surface area (Å²) in [6.45, 7) is 1.49. The fourth-order valence-corrected chi connectivity index (χ4v) is 2.43. The molecular weight excluding hydrogens is 382 g/mol. The van der Waals surface area contributed by atoms with Gasteiger partial charge in [0.15, 0.2) is 11.5 Å². The first-order valence-corrected chi connectivity index (χ1v) is 8.16. The first kappa shape index (κ1) is 19.4. The van der Waals surface area contributed by atoms with Crippen molar-refractivity contribution in [3.63, 3.8) is 0 Å². The number of phenolic OH excluding ortho intramolecular Hbond substituents is 3. The predicted octanol–water partition coefficient (Wildman–Crippen LogP) is 0.0421. The van der Waals surface area contributed by atoms with Crippen molar-refractivity contribution in [2.24, 2.45) is 5.10 Å². The van der Waals surface area contributed by atoms with E-state index in [1.54, 1.807) is 18.2 Å². The molecule has 3 rings (SSSR count). The number of aryl methyl sites for hydroxylation is 1. The van der Waals surface area contributed by atoms with Crippen LogP contribution in [0.4, 0.5) is 0 Å². The Morgan fingerprint density at radius 3 is 2.55 bits per heavy atom. The van der Waals surface area contributed by atoms with E-state index >= 15 is 0 Å². The number of para-hydroxylation sites is 1. The lowest BCUT2D eigenvalue weighted by molar-refractivity contribution is -0.136. The Kier molecular flexibility index (Phi) is 5.13. The van der Waals surface area contributed by atoms with Gasteiger partial charge in [-0.25, -0.2) is 15.1 Å². The number of nitrogens with one attached hydrogen (secondary N) is 2. The second-order valence-corrected chi connectivity index (χ2v) is 5.83. The zero-order chi connectivity index (χ0) is 21.1. The molecule has 0 aliphatic heterocycles. The molecule has 0 unspecified atom stereocenters. The molecular formula is C18H15N5O6. The van der Waals surface area contributed by atoms with Crippen LogP contribution in [0.2, 0.25) is 0 Å². The molecule has 11 heteroatoms. The Balaban J connectivity index is 1.73. The van der Waals surface area contributed by atoms with Crippen molar-refractivity contribution in [3.8, 4) is 17.2 Å². The minimum Gasteiger partial charge on any atom is -0.504 e. The summed E-state index contributed by atoms with van der Waals surface area (Å²) in [5, 5.41) is 32.1. The van der Waals surface area contributed by atoms with Crippen molar-refractivity contribution in [2.45, 2.75) is 6.92 Å². The number of aromatic nitrogens is 2. The number of hydrogen-bond acceptors (Lipinski definition) is 8. The maximum atomic E-state index is 12.5. The molecule has 5 N–H and O–H groups in total. The summed E-state index contributed by atoms with van der Waals surface area (Å²) in [6.07, 6.45) is 0.953. The number of amides is 2. The van der Waals surface area contributed by atoms with Gasteiger partial charge in [0.25, 0.3) is 5.56 Å². The van der Waals surface area contributed by atoms with Crippen molar-refractivity contribution in [1.82, 2.24) is 15.1 Å². The monoisotopic (exact) mass is 397 g/mol. The minimum atomic E-state index is -1.19. The van der Waals surface area contributed by atoms with Crippen LogP contribution >= 0.6 is 0 Å². The molecule has 0 aliphatic rings. The van der Waals surface area contributed by atoms with Gasteiger partial charge in [0.05, 0.1) is 17.1 Å². The number of aromatic hydroxyl groups is 3. The predicted molar refractivity (Wildman–Crippen MR) is 102 cm³/mol. The Morgan fingerprint density at radius 2 is 1.79 bits per heavy atom. The highest BCUT2D eigenvalue weighted by atomic mass is 16.3. The second-order valence-electron chi connectivity index (χ2n) is 5.83. The zero-order valence-corrected chi connectivity index (χ0v) is 14.9. The molecule has 0 saturated heterocycles. The van der Waals surface area contributed by atoms with Crippen LogP contribution in [0.25, 0.3) is 10.9 Å². The third kappa shape index (κ3) is 3.83. The van der Waals surface area contributed by atoms with E-state index in [1.165, 1.54) is 19.1 Å². The first-order valence-electron chi connectivity index (χ1n) is 8.16. The number of carbonyl (C=O) groups is 2. The van der Waals surface area contributed by atoms with Crippen LogP contribution in [0.1, 0.15) is 11.4 Å². The molecule has 0 aliphatic carbocycles. The van der Waals surface area contributed by atoms with Crippen LogP contribution in [0.15, 0.2) is 46.3 Å². The van der Waals surface area contributed by atoms with Gasteiger partial charge in [0.2, 0.25) is 5.75 Å². The van der Waals surface area contributed by atoms with Crippen LogP contribution in [0.3, 0.4) is 0 Å². The van der Waals surface area contributed by atoms with Gasteiger partial charge in [-0.15, -0.1) is 0 Å². The van der Waals surface area contributed by atoms with Gasteiger partial charge in [-0.05, 0) is 31.2 Å². The van der Waals surface area contributed by atoms with E-state index in [0.29, 0.717) is 5.52 Å². The van der Waals surface area contributed by atoms with Gasteiger partial charge < -0.3 is 15.3 Å². The number of nitrogens with zero attached hydrogens (tertiary/aromatic N) is 3. The van der Waals surface area contributed by atoms with E-state index in [2.05, 4.69) is 15.5 Å². The van der Waals surface area contributed by atoms with Crippen molar-refractivity contribution in [2.75, 3.05) is 5.43 Å². The number of hydrogen-bond donors (Lipinski definition) is 5. The summed E-state index contributed by atoms with van der Waals surface area (Å²) in [5.41, 5.74) is 3.93. The highest BCUT2D eigenvalue weighted by molar-refractivity contribution is 6.38. The molecule has 2 aromatic carbocycles. The molecule has 3 aromatic rings. The molecule has 0 bridgehead atoms. The van der Waals surface area contributed by atoms with Crippen molar-refractivity contribution >= 4 is 28.9 Å². The Hall–Kier alpha value is -4.41. The van der Waals surface area contributed by atoms with Gasteiger partial charge in [0, 0.05) is 5.56 Å².